The molecule has 1 aliphatic rings. The van der Waals surface area contributed by atoms with E-state index in [1.807, 2.05) is 0 Å². The van der Waals surface area contributed by atoms with Gasteiger partial charge in [0.05, 0.1) is 11.4 Å². The molecule has 2 heteroatoms. The van der Waals surface area contributed by atoms with Crippen LogP contribution in [0.15, 0.2) is 174 Å². The van der Waals surface area contributed by atoms with E-state index in [2.05, 4.69) is 175 Å². The second-order valence-electron chi connectivity index (χ2n) is 14.7. The Hall–Kier alpha value is -6.38. The molecule has 11 rings (SSSR count). The molecule has 0 bridgehead atoms. The van der Waals surface area contributed by atoms with E-state index in [9.17, 15) is 0 Å². The SMILES string of the molecule is c1ccc(-c2ccc(N(c3cc4ccccc4c4ccccc34)c3cc4c(oc5cccc(C6CCCC6)c54)c4c3ccc3ccccc34)cc2)cc1. The Bertz CT molecular complexity index is 3000. The molecule has 10 aromatic rings. The summed E-state index contributed by atoms with van der Waals surface area (Å²) in [7, 11) is 0. The lowest BCUT2D eigenvalue weighted by Crippen LogP contribution is -2.11. The highest BCUT2D eigenvalue weighted by atomic mass is 16.3. The first kappa shape index (κ1) is 30.3. The summed E-state index contributed by atoms with van der Waals surface area (Å²) in [6.45, 7) is 0. The topological polar surface area (TPSA) is 16.4 Å². The van der Waals surface area contributed by atoms with Gasteiger partial charge in [-0.1, -0.05) is 152 Å². The fourth-order valence-corrected chi connectivity index (χ4v) is 9.29. The lowest BCUT2D eigenvalue weighted by Gasteiger charge is -2.29. The lowest BCUT2D eigenvalue weighted by atomic mass is 9.91. The van der Waals surface area contributed by atoms with E-state index in [0.717, 1.165) is 28.2 Å². The molecular weight excluding hydrogens is 643 g/mol. The number of anilines is 3. The van der Waals surface area contributed by atoms with Crippen LogP contribution in [0.5, 0.6) is 0 Å². The number of hydrogen-bond donors (Lipinski definition) is 0. The van der Waals surface area contributed by atoms with Crippen molar-refractivity contribution in [3.05, 3.63) is 175 Å². The predicted octanol–water partition coefficient (Wildman–Crippen LogP) is 15.0. The van der Waals surface area contributed by atoms with E-state index in [1.54, 1.807) is 0 Å². The van der Waals surface area contributed by atoms with Gasteiger partial charge in [-0.2, -0.15) is 0 Å². The minimum Gasteiger partial charge on any atom is -0.455 e. The quantitative estimate of drug-likeness (QED) is 0.168. The first-order valence-corrected chi connectivity index (χ1v) is 19.0. The molecule has 1 aliphatic carbocycles. The highest BCUT2D eigenvalue weighted by Gasteiger charge is 2.26. The summed E-state index contributed by atoms with van der Waals surface area (Å²) in [5.74, 6) is 0.553. The molecule has 53 heavy (non-hydrogen) atoms. The summed E-state index contributed by atoms with van der Waals surface area (Å²) in [5.41, 5.74) is 9.21. The van der Waals surface area contributed by atoms with E-state index in [0.29, 0.717) is 5.92 Å². The number of fused-ring (bicyclic) bond motifs is 10. The van der Waals surface area contributed by atoms with Gasteiger partial charge in [0.1, 0.15) is 11.2 Å². The normalized spacial score (nSPS) is 13.7. The average Bonchev–Trinajstić information content (AvgIpc) is 3.90. The van der Waals surface area contributed by atoms with E-state index < -0.39 is 0 Å². The Labute approximate surface area is 308 Å². The Morgan fingerprint density at radius 3 is 1.91 bits per heavy atom. The molecule has 0 spiro atoms. The number of furan rings is 1. The van der Waals surface area contributed by atoms with Gasteiger partial charge in [-0.3, -0.25) is 0 Å². The summed E-state index contributed by atoms with van der Waals surface area (Å²) >= 11 is 0. The van der Waals surface area contributed by atoms with Gasteiger partial charge in [0.25, 0.3) is 0 Å². The maximum Gasteiger partial charge on any atom is 0.144 e. The number of benzene rings is 9. The van der Waals surface area contributed by atoms with Crippen LogP contribution in [0.2, 0.25) is 0 Å². The molecule has 0 N–H and O–H groups in total. The second-order valence-corrected chi connectivity index (χ2v) is 14.7. The third-order valence-electron chi connectivity index (χ3n) is 11.8. The Morgan fingerprint density at radius 2 is 1.09 bits per heavy atom. The highest BCUT2D eigenvalue weighted by Crippen LogP contribution is 2.50. The number of rotatable bonds is 5. The van der Waals surface area contributed by atoms with Gasteiger partial charge < -0.3 is 9.32 Å². The van der Waals surface area contributed by atoms with Gasteiger partial charge >= 0.3 is 0 Å². The smallest absolute Gasteiger partial charge is 0.144 e. The average molecular weight is 680 g/mol. The summed E-state index contributed by atoms with van der Waals surface area (Å²) in [6, 6.07) is 62.3. The Morgan fingerprint density at radius 1 is 0.434 bits per heavy atom. The van der Waals surface area contributed by atoms with Crippen molar-refractivity contribution in [1.82, 2.24) is 0 Å². The molecule has 2 nitrogen and oxygen atoms in total. The molecule has 1 saturated carbocycles. The van der Waals surface area contributed by atoms with Gasteiger partial charge in [-0.15, -0.1) is 0 Å². The van der Waals surface area contributed by atoms with Crippen LogP contribution in [0.3, 0.4) is 0 Å². The minimum atomic E-state index is 0.553. The zero-order valence-electron chi connectivity index (χ0n) is 29.4. The summed E-state index contributed by atoms with van der Waals surface area (Å²) in [5, 5.41) is 12.2. The van der Waals surface area contributed by atoms with Crippen LogP contribution < -0.4 is 4.90 Å². The fourth-order valence-electron chi connectivity index (χ4n) is 9.29. The van der Waals surface area contributed by atoms with E-state index in [1.165, 1.54) is 96.2 Å². The molecule has 0 radical (unpaired) electrons. The van der Waals surface area contributed by atoms with Gasteiger partial charge in [-0.25, -0.2) is 0 Å². The van der Waals surface area contributed by atoms with Crippen LogP contribution in [0, 0.1) is 0 Å². The highest BCUT2D eigenvalue weighted by molar-refractivity contribution is 6.28. The molecular formula is C51H37NO. The van der Waals surface area contributed by atoms with Crippen LogP contribution in [-0.4, -0.2) is 0 Å². The summed E-state index contributed by atoms with van der Waals surface area (Å²) in [6.07, 6.45) is 5.05. The maximum absolute atomic E-state index is 6.99. The van der Waals surface area contributed by atoms with Crippen molar-refractivity contribution in [2.24, 2.45) is 0 Å². The monoisotopic (exact) mass is 679 g/mol. The van der Waals surface area contributed by atoms with Crippen molar-refractivity contribution in [2.75, 3.05) is 4.90 Å². The first-order valence-electron chi connectivity index (χ1n) is 19.0. The van der Waals surface area contributed by atoms with Crippen molar-refractivity contribution < 1.29 is 4.42 Å². The largest absolute Gasteiger partial charge is 0.455 e. The number of hydrogen-bond acceptors (Lipinski definition) is 2. The maximum atomic E-state index is 6.99. The molecule has 1 aromatic heterocycles. The second kappa shape index (κ2) is 12.1. The summed E-state index contributed by atoms with van der Waals surface area (Å²) < 4.78 is 6.99. The van der Waals surface area contributed by atoms with Gasteiger partial charge in [0.15, 0.2) is 0 Å². The van der Waals surface area contributed by atoms with E-state index >= 15 is 0 Å². The van der Waals surface area contributed by atoms with Crippen molar-refractivity contribution in [2.45, 2.75) is 31.6 Å². The van der Waals surface area contributed by atoms with E-state index in [4.69, 9.17) is 4.42 Å². The number of nitrogens with zero attached hydrogens (tertiary/aromatic N) is 1. The third kappa shape index (κ3) is 4.79. The molecule has 0 unspecified atom stereocenters. The zero-order valence-corrected chi connectivity index (χ0v) is 29.4. The van der Waals surface area contributed by atoms with Crippen LogP contribution in [0.25, 0.3) is 76.2 Å². The molecule has 1 fully saturated rings. The Kier molecular flexibility index (Phi) is 6.91. The summed E-state index contributed by atoms with van der Waals surface area (Å²) in [4.78, 5) is 2.51. The van der Waals surface area contributed by atoms with Crippen molar-refractivity contribution in [3.8, 4) is 11.1 Å². The minimum absolute atomic E-state index is 0.553. The molecule has 0 atom stereocenters. The molecule has 0 aliphatic heterocycles. The van der Waals surface area contributed by atoms with Gasteiger partial charge in [-0.05, 0) is 92.7 Å². The van der Waals surface area contributed by atoms with Crippen LogP contribution in [0.4, 0.5) is 17.1 Å². The van der Waals surface area contributed by atoms with Crippen molar-refractivity contribution in [1.29, 1.82) is 0 Å². The van der Waals surface area contributed by atoms with Gasteiger partial charge in [0, 0.05) is 32.6 Å². The zero-order chi connectivity index (χ0) is 34.9. The van der Waals surface area contributed by atoms with Crippen LogP contribution >= 0.6 is 0 Å². The molecule has 0 saturated heterocycles. The first-order chi connectivity index (χ1) is 26.3. The fraction of sp³-hybridized carbons (Fsp3) is 0.0980. The predicted molar refractivity (Wildman–Crippen MR) is 225 cm³/mol. The standard InChI is InChI=1S/C51H37NO/c1-2-13-33(14-3-1)34-25-28-38(29-26-34)52(46-31-37-18-7-8-19-39(37)42-21-10-11-22-43(42)46)47-32-45-49-40(35-15-4-5-16-35)23-12-24-48(49)53-51(45)50-41-20-9-6-17-36(41)27-30-44(47)50/h1-3,6-14,17-32,35H,4-5,15-16H2. The Balaban J connectivity index is 1.28. The van der Waals surface area contributed by atoms with E-state index in [-0.39, 0.29) is 0 Å². The third-order valence-corrected chi connectivity index (χ3v) is 11.8. The molecule has 0 amide bonds. The van der Waals surface area contributed by atoms with Crippen LogP contribution in [0.1, 0.15) is 37.2 Å². The van der Waals surface area contributed by atoms with Crippen LogP contribution in [-0.2, 0) is 0 Å². The molecule has 1 heterocycles. The molecule has 252 valence electrons. The lowest BCUT2D eigenvalue weighted by molar-refractivity contribution is 0.671. The van der Waals surface area contributed by atoms with Crippen molar-refractivity contribution >= 4 is 82.1 Å². The van der Waals surface area contributed by atoms with Gasteiger partial charge in [0.2, 0.25) is 0 Å². The molecule has 9 aromatic carbocycles. The van der Waals surface area contributed by atoms with Crippen molar-refractivity contribution in [3.63, 3.8) is 0 Å².